The molecule has 0 aliphatic carbocycles. The Kier molecular flexibility index (Phi) is 4.03. The summed E-state index contributed by atoms with van der Waals surface area (Å²) in [5.74, 6) is -11.2. The van der Waals surface area contributed by atoms with Crippen LogP contribution in [0.3, 0.4) is 0 Å². The summed E-state index contributed by atoms with van der Waals surface area (Å²) in [6.07, 6.45) is -1.90. The van der Waals surface area contributed by atoms with Gasteiger partial charge in [0.2, 0.25) is 5.82 Å². The molecule has 0 heterocycles. The molecule has 2 rings (SSSR count). The monoisotopic (exact) mass is 317 g/mol. The number of benzene rings is 2. The number of carboxylic acid groups (broad SMARTS) is 1. The van der Waals surface area contributed by atoms with Crippen molar-refractivity contribution < 1.29 is 31.9 Å². The molecule has 0 aliphatic heterocycles. The Labute approximate surface area is 121 Å². The van der Waals surface area contributed by atoms with Gasteiger partial charge in [-0.1, -0.05) is 17.7 Å². The first kappa shape index (κ1) is 15.7. The number of aryl methyl sites for hydroxylation is 1. The third-order valence-corrected chi connectivity index (χ3v) is 2.89. The number of nitrogens with zero attached hydrogens (tertiary/aromatic N) is 1. The molecule has 0 spiro atoms. The number of hydrogen-bond acceptors (Lipinski definition) is 1. The Morgan fingerprint density at radius 1 is 0.864 bits per heavy atom. The highest BCUT2D eigenvalue weighted by Crippen LogP contribution is 2.34. The van der Waals surface area contributed by atoms with E-state index >= 15 is 0 Å². The molecule has 22 heavy (non-hydrogen) atoms. The van der Waals surface area contributed by atoms with E-state index in [9.17, 15) is 26.7 Å². The van der Waals surface area contributed by atoms with E-state index in [-0.39, 0.29) is 10.6 Å². The Hall–Kier alpha value is -2.64. The lowest BCUT2D eigenvalue weighted by atomic mass is 10.2. The van der Waals surface area contributed by atoms with E-state index < -0.39 is 40.9 Å². The van der Waals surface area contributed by atoms with Crippen LogP contribution >= 0.6 is 0 Å². The summed E-state index contributed by atoms with van der Waals surface area (Å²) in [5.41, 5.74) is -1.10. The Morgan fingerprint density at radius 2 is 1.27 bits per heavy atom. The van der Waals surface area contributed by atoms with Crippen LogP contribution in [-0.4, -0.2) is 11.2 Å². The molecule has 2 aromatic rings. The van der Waals surface area contributed by atoms with Crippen molar-refractivity contribution >= 4 is 17.5 Å². The first-order valence-corrected chi connectivity index (χ1v) is 5.86. The van der Waals surface area contributed by atoms with Gasteiger partial charge in [-0.25, -0.2) is 31.6 Å². The maximum atomic E-state index is 13.8. The van der Waals surface area contributed by atoms with Gasteiger partial charge in [0, 0.05) is 0 Å². The fourth-order valence-corrected chi connectivity index (χ4v) is 1.82. The highest BCUT2D eigenvalue weighted by atomic mass is 19.2. The molecule has 0 aliphatic rings. The molecule has 0 unspecified atom stereocenters. The lowest BCUT2D eigenvalue weighted by Gasteiger charge is -2.21. The third kappa shape index (κ3) is 2.47. The predicted molar refractivity (Wildman–Crippen MR) is 67.6 cm³/mol. The fourth-order valence-electron chi connectivity index (χ4n) is 1.82. The van der Waals surface area contributed by atoms with Gasteiger partial charge in [0.1, 0.15) is 5.69 Å². The van der Waals surface area contributed by atoms with Gasteiger partial charge in [0.25, 0.3) is 0 Å². The molecule has 1 N–H and O–H groups in total. The smallest absolute Gasteiger partial charge is 0.416 e. The molecule has 0 aromatic heterocycles. The quantitative estimate of drug-likeness (QED) is 0.503. The van der Waals surface area contributed by atoms with Gasteiger partial charge >= 0.3 is 6.09 Å². The largest absolute Gasteiger partial charge is 0.464 e. The highest BCUT2D eigenvalue weighted by molar-refractivity contribution is 5.95. The summed E-state index contributed by atoms with van der Waals surface area (Å²) < 4.78 is 67.0. The van der Waals surface area contributed by atoms with Gasteiger partial charge in [-0.05, 0) is 19.1 Å². The first-order valence-electron chi connectivity index (χ1n) is 5.86. The summed E-state index contributed by atoms with van der Waals surface area (Å²) in [5, 5.41) is 9.10. The molecule has 0 saturated heterocycles. The van der Waals surface area contributed by atoms with Crippen molar-refractivity contribution in [1.29, 1.82) is 0 Å². The van der Waals surface area contributed by atoms with Gasteiger partial charge in [0.05, 0.1) is 5.69 Å². The minimum absolute atomic E-state index is 0.00426. The molecule has 0 atom stereocenters. The summed E-state index contributed by atoms with van der Waals surface area (Å²) in [6.45, 7) is 1.67. The van der Waals surface area contributed by atoms with Crippen LogP contribution in [0.25, 0.3) is 0 Å². The number of halogens is 5. The molecule has 0 fully saturated rings. The second kappa shape index (κ2) is 5.63. The lowest BCUT2D eigenvalue weighted by Crippen LogP contribution is -2.27. The average molecular weight is 317 g/mol. The second-order valence-corrected chi connectivity index (χ2v) is 4.37. The molecule has 0 saturated carbocycles. The fraction of sp³-hybridized carbons (Fsp3) is 0.0714. The molecular weight excluding hydrogens is 309 g/mol. The van der Waals surface area contributed by atoms with E-state index in [1.165, 1.54) is 24.3 Å². The zero-order valence-corrected chi connectivity index (χ0v) is 11.0. The Balaban J connectivity index is 2.75. The molecule has 8 heteroatoms. The molecule has 2 aromatic carbocycles. The van der Waals surface area contributed by atoms with Crippen LogP contribution in [-0.2, 0) is 0 Å². The second-order valence-electron chi connectivity index (χ2n) is 4.37. The Bertz CT molecular complexity index is 717. The topological polar surface area (TPSA) is 40.5 Å². The van der Waals surface area contributed by atoms with Gasteiger partial charge in [-0.15, -0.1) is 0 Å². The average Bonchev–Trinajstić information content (AvgIpc) is 2.48. The minimum Gasteiger partial charge on any atom is -0.464 e. The summed E-state index contributed by atoms with van der Waals surface area (Å²) >= 11 is 0. The zero-order valence-electron chi connectivity index (χ0n) is 11.0. The van der Waals surface area contributed by atoms with E-state index in [0.29, 0.717) is 5.56 Å². The van der Waals surface area contributed by atoms with Crippen molar-refractivity contribution in [1.82, 2.24) is 0 Å². The minimum atomic E-state index is -2.35. The number of carbonyl (C=O) groups is 1. The zero-order chi connectivity index (χ0) is 16.6. The van der Waals surface area contributed by atoms with Crippen molar-refractivity contribution in [3.05, 3.63) is 58.9 Å². The van der Waals surface area contributed by atoms with Gasteiger partial charge in [-0.2, -0.15) is 0 Å². The predicted octanol–water partition coefficient (Wildman–Crippen LogP) is 4.51. The molecule has 116 valence electrons. The van der Waals surface area contributed by atoms with Gasteiger partial charge < -0.3 is 5.11 Å². The van der Waals surface area contributed by atoms with Crippen molar-refractivity contribution in [2.75, 3.05) is 4.90 Å². The van der Waals surface area contributed by atoms with E-state index in [0.717, 1.165) is 0 Å². The van der Waals surface area contributed by atoms with Crippen LogP contribution in [0.4, 0.5) is 38.1 Å². The summed E-state index contributed by atoms with van der Waals surface area (Å²) in [4.78, 5) is 11.2. The molecule has 1 amide bonds. The lowest BCUT2D eigenvalue weighted by molar-refractivity contribution is 0.204. The van der Waals surface area contributed by atoms with Crippen molar-refractivity contribution in [3.8, 4) is 0 Å². The SMILES string of the molecule is Cc1ccc(N(C(=O)O)c2c(F)c(F)c(F)c(F)c2F)cc1. The maximum absolute atomic E-state index is 13.8. The van der Waals surface area contributed by atoms with Crippen molar-refractivity contribution in [2.45, 2.75) is 6.92 Å². The van der Waals surface area contributed by atoms with E-state index in [1.807, 2.05) is 0 Å². The van der Waals surface area contributed by atoms with Crippen LogP contribution < -0.4 is 4.90 Å². The van der Waals surface area contributed by atoms with E-state index in [1.54, 1.807) is 6.92 Å². The van der Waals surface area contributed by atoms with Crippen LogP contribution in [0.1, 0.15) is 5.56 Å². The summed E-state index contributed by atoms with van der Waals surface area (Å²) in [7, 11) is 0. The first-order chi connectivity index (χ1) is 10.3. The normalized spacial score (nSPS) is 10.6. The van der Waals surface area contributed by atoms with Crippen LogP contribution in [0, 0.1) is 36.0 Å². The molecular formula is C14H8F5NO2. The molecule has 0 radical (unpaired) electrons. The number of rotatable bonds is 2. The number of anilines is 2. The molecule has 0 bridgehead atoms. The van der Waals surface area contributed by atoms with Crippen LogP contribution in [0.2, 0.25) is 0 Å². The highest BCUT2D eigenvalue weighted by Gasteiger charge is 2.32. The standard InChI is InChI=1S/C14H8F5NO2/c1-6-2-4-7(5-3-6)20(14(21)22)13-11(18)9(16)8(15)10(17)12(13)19/h2-5H,1H3,(H,21,22). The third-order valence-electron chi connectivity index (χ3n) is 2.89. The van der Waals surface area contributed by atoms with Crippen molar-refractivity contribution in [3.63, 3.8) is 0 Å². The van der Waals surface area contributed by atoms with Crippen LogP contribution in [0.5, 0.6) is 0 Å². The van der Waals surface area contributed by atoms with Gasteiger partial charge in [-0.3, -0.25) is 0 Å². The number of hydrogen-bond donors (Lipinski definition) is 1. The Morgan fingerprint density at radius 3 is 1.68 bits per heavy atom. The van der Waals surface area contributed by atoms with Crippen LogP contribution in [0.15, 0.2) is 24.3 Å². The number of amides is 1. The molecule has 3 nitrogen and oxygen atoms in total. The van der Waals surface area contributed by atoms with E-state index in [2.05, 4.69) is 0 Å². The summed E-state index contributed by atoms with van der Waals surface area (Å²) in [6, 6.07) is 5.22. The van der Waals surface area contributed by atoms with Gasteiger partial charge in [0.15, 0.2) is 23.3 Å². The van der Waals surface area contributed by atoms with E-state index in [4.69, 9.17) is 5.11 Å². The van der Waals surface area contributed by atoms with Crippen molar-refractivity contribution in [2.24, 2.45) is 0 Å². The maximum Gasteiger partial charge on any atom is 0.416 e.